The van der Waals surface area contributed by atoms with Crippen LogP contribution in [0.15, 0.2) is 48.5 Å². The van der Waals surface area contributed by atoms with Gasteiger partial charge >= 0.3 is 11.9 Å². The lowest BCUT2D eigenvalue weighted by molar-refractivity contribution is -0.136. The highest BCUT2D eigenvalue weighted by Crippen LogP contribution is 2.20. The highest BCUT2D eigenvalue weighted by atomic mass is 16.5. The summed E-state index contributed by atoms with van der Waals surface area (Å²) in [5.41, 5.74) is 1.45. The molecule has 5 heteroatoms. The van der Waals surface area contributed by atoms with Crippen LogP contribution in [0.1, 0.15) is 21.5 Å². The fourth-order valence-electron chi connectivity index (χ4n) is 1.96. The van der Waals surface area contributed by atoms with Crippen molar-refractivity contribution in [2.24, 2.45) is 0 Å². The average Bonchev–Trinajstić information content (AvgIpc) is 2.46. The zero-order valence-corrected chi connectivity index (χ0v) is 11.2. The summed E-state index contributed by atoms with van der Waals surface area (Å²) in [4.78, 5) is 21.9. The molecule has 0 amide bonds. The monoisotopic (exact) mass is 286 g/mol. The van der Waals surface area contributed by atoms with Gasteiger partial charge in [0, 0.05) is 0 Å². The van der Waals surface area contributed by atoms with Gasteiger partial charge in [-0.05, 0) is 23.3 Å². The van der Waals surface area contributed by atoms with E-state index < -0.39 is 11.9 Å². The normalized spacial score (nSPS) is 10.1. The van der Waals surface area contributed by atoms with Crippen LogP contribution < -0.4 is 4.74 Å². The molecule has 2 aromatic rings. The van der Waals surface area contributed by atoms with E-state index in [2.05, 4.69) is 0 Å². The number of para-hydroxylation sites is 1. The first kappa shape index (κ1) is 14.6. The smallest absolute Gasteiger partial charge is 0.339 e. The van der Waals surface area contributed by atoms with Gasteiger partial charge in [-0.2, -0.15) is 0 Å². The van der Waals surface area contributed by atoms with Crippen molar-refractivity contribution in [1.82, 2.24) is 0 Å². The SMILES string of the molecule is O=C(O)Cc1ccccc1COc1ccccc1C(=O)O. The van der Waals surface area contributed by atoms with Gasteiger partial charge in [0.1, 0.15) is 17.9 Å². The largest absolute Gasteiger partial charge is 0.488 e. The lowest BCUT2D eigenvalue weighted by atomic mass is 10.1. The predicted octanol–water partition coefficient (Wildman–Crippen LogP) is 2.59. The molecule has 0 aliphatic carbocycles. The van der Waals surface area contributed by atoms with Gasteiger partial charge in [0.25, 0.3) is 0 Å². The molecule has 0 aromatic heterocycles. The first-order chi connectivity index (χ1) is 10.1. The summed E-state index contributed by atoms with van der Waals surface area (Å²) in [7, 11) is 0. The molecule has 0 radical (unpaired) electrons. The first-order valence-corrected chi connectivity index (χ1v) is 6.31. The minimum Gasteiger partial charge on any atom is -0.488 e. The summed E-state index contributed by atoms with van der Waals surface area (Å²) in [6, 6.07) is 13.4. The van der Waals surface area contributed by atoms with Gasteiger partial charge in [0.2, 0.25) is 0 Å². The zero-order chi connectivity index (χ0) is 15.2. The van der Waals surface area contributed by atoms with Crippen molar-refractivity contribution in [2.75, 3.05) is 0 Å². The number of aliphatic carboxylic acids is 1. The molecule has 0 aliphatic heterocycles. The molecule has 108 valence electrons. The van der Waals surface area contributed by atoms with Gasteiger partial charge in [-0.3, -0.25) is 4.79 Å². The maximum absolute atomic E-state index is 11.1. The van der Waals surface area contributed by atoms with Crippen LogP contribution in [0.2, 0.25) is 0 Å². The average molecular weight is 286 g/mol. The molecule has 2 N–H and O–H groups in total. The van der Waals surface area contributed by atoms with Crippen molar-refractivity contribution in [1.29, 1.82) is 0 Å². The molecule has 0 heterocycles. The lowest BCUT2D eigenvalue weighted by Gasteiger charge is -2.11. The minimum atomic E-state index is -1.07. The quantitative estimate of drug-likeness (QED) is 0.852. The van der Waals surface area contributed by atoms with Crippen LogP contribution >= 0.6 is 0 Å². The van der Waals surface area contributed by atoms with Crippen molar-refractivity contribution in [3.8, 4) is 5.75 Å². The maximum atomic E-state index is 11.1. The zero-order valence-electron chi connectivity index (χ0n) is 11.2. The van der Waals surface area contributed by atoms with E-state index >= 15 is 0 Å². The van der Waals surface area contributed by atoms with E-state index in [9.17, 15) is 9.59 Å². The standard InChI is InChI=1S/C16H14O5/c17-15(18)9-11-5-1-2-6-12(11)10-21-14-8-4-3-7-13(14)16(19)20/h1-8H,9-10H2,(H,17,18)(H,19,20). The molecule has 5 nitrogen and oxygen atoms in total. The number of hydrogen-bond acceptors (Lipinski definition) is 3. The second-order valence-electron chi connectivity index (χ2n) is 4.43. The number of carbonyl (C=O) groups is 2. The molecule has 0 fully saturated rings. The van der Waals surface area contributed by atoms with Crippen LogP contribution in [0.25, 0.3) is 0 Å². The third-order valence-corrected chi connectivity index (χ3v) is 2.96. The molecular weight excluding hydrogens is 272 g/mol. The number of carboxylic acids is 2. The number of aromatic carboxylic acids is 1. The van der Waals surface area contributed by atoms with Crippen LogP contribution in [0.5, 0.6) is 5.75 Å². The molecule has 0 saturated carbocycles. The number of benzene rings is 2. The third-order valence-electron chi connectivity index (χ3n) is 2.96. The molecule has 0 unspecified atom stereocenters. The molecule has 21 heavy (non-hydrogen) atoms. The molecular formula is C16H14O5. The Hall–Kier alpha value is -2.82. The predicted molar refractivity (Wildman–Crippen MR) is 75.5 cm³/mol. The van der Waals surface area contributed by atoms with Crippen molar-refractivity contribution in [3.05, 3.63) is 65.2 Å². The number of hydrogen-bond donors (Lipinski definition) is 2. The van der Waals surface area contributed by atoms with Gasteiger partial charge in [-0.15, -0.1) is 0 Å². The van der Waals surface area contributed by atoms with E-state index in [0.29, 0.717) is 5.56 Å². The summed E-state index contributed by atoms with van der Waals surface area (Å²) >= 11 is 0. The fourth-order valence-corrected chi connectivity index (χ4v) is 1.96. The van der Waals surface area contributed by atoms with Crippen molar-refractivity contribution in [3.63, 3.8) is 0 Å². The van der Waals surface area contributed by atoms with Crippen LogP contribution in [-0.4, -0.2) is 22.2 Å². The molecule has 2 aromatic carbocycles. The summed E-state index contributed by atoms with van der Waals surface area (Å²) in [6.45, 7) is 0.119. The highest BCUT2D eigenvalue weighted by molar-refractivity contribution is 5.90. The van der Waals surface area contributed by atoms with E-state index in [1.54, 1.807) is 42.5 Å². The van der Waals surface area contributed by atoms with Crippen LogP contribution in [0, 0.1) is 0 Å². The van der Waals surface area contributed by atoms with Crippen molar-refractivity contribution < 1.29 is 24.5 Å². The van der Waals surface area contributed by atoms with E-state index in [4.69, 9.17) is 14.9 Å². The molecule has 0 aliphatic rings. The Morgan fingerprint density at radius 1 is 0.905 bits per heavy atom. The van der Waals surface area contributed by atoms with E-state index in [1.807, 2.05) is 0 Å². The van der Waals surface area contributed by atoms with Gasteiger partial charge in [0.05, 0.1) is 6.42 Å². The van der Waals surface area contributed by atoms with E-state index in [0.717, 1.165) is 5.56 Å². The number of rotatable bonds is 6. The fraction of sp³-hybridized carbons (Fsp3) is 0.125. The third kappa shape index (κ3) is 3.82. The lowest BCUT2D eigenvalue weighted by Crippen LogP contribution is -2.07. The summed E-state index contributed by atoms with van der Waals surface area (Å²) in [5.74, 6) is -1.73. The first-order valence-electron chi connectivity index (χ1n) is 6.31. The highest BCUT2D eigenvalue weighted by Gasteiger charge is 2.11. The van der Waals surface area contributed by atoms with Crippen LogP contribution in [0.4, 0.5) is 0 Å². The van der Waals surface area contributed by atoms with E-state index in [-0.39, 0.29) is 24.3 Å². The maximum Gasteiger partial charge on any atom is 0.339 e. The molecule has 2 rings (SSSR count). The molecule has 0 atom stereocenters. The van der Waals surface area contributed by atoms with Crippen molar-refractivity contribution in [2.45, 2.75) is 13.0 Å². The van der Waals surface area contributed by atoms with Gasteiger partial charge < -0.3 is 14.9 Å². The summed E-state index contributed by atoms with van der Waals surface area (Å²) < 4.78 is 5.53. The van der Waals surface area contributed by atoms with Crippen LogP contribution in [-0.2, 0) is 17.8 Å². The molecule has 0 spiro atoms. The Morgan fingerprint density at radius 3 is 2.19 bits per heavy atom. The molecule has 0 saturated heterocycles. The minimum absolute atomic E-state index is 0.0771. The van der Waals surface area contributed by atoms with Crippen LogP contribution in [0.3, 0.4) is 0 Å². The topological polar surface area (TPSA) is 83.8 Å². The molecule has 0 bridgehead atoms. The van der Waals surface area contributed by atoms with Crippen molar-refractivity contribution >= 4 is 11.9 Å². The number of ether oxygens (including phenoxy) is 1. The van der Waals surface area contributed by atoms with Gasteiger partial charge in [-0.1, -0.05) is 36.4 Å². The Bertz CT molecular complexity index is 663. The van der Waals surface area contributed by atoms with Gasteiger partial charge in [-0.25, -0.2) is 4.79 Å². The second kappa shape index (κ2) is 6.56. The number of carboxylic acid groups (broad SMARTS) is 2. The Labute approximate surface area is 121 Å². The summed E-state index contributed by atoms with van der Waals surface area (Å²) in [5, 5.41) is 18.0. The summed E-state index contributed by atoms with van der Waals surface area (Å²) in [6.07, 6.45) is -0.0971. The second-order valence-corrected chi connectivity index (χ2v) is 4.43. The Morgan fingerprint density at radius 2 is 1.52 bits per heavy atom. The van der Waals surface area contributed by atoms with Gasteiger partial charge in [0.15, 0.2) is 0 Å². The Kier molecular flexibility index (Phi) is 4.56. The van der Waals surface area contributed by atoms with E-state index in [1.165, 1.54) is 6.07 Å². The Balaban J connectivity index is 2.17.